The van der Waals surface area contributed by atoms with Gasteiger partial charge in [-0.3, -0.25) is 4.79 Å². The number of esters is 1. The van der Waals surface area contributed by atoms with Crippen LogP contribution in [0.2, 0.25) is 0 Å². The quantitative estimate of drug-likeness (QED) is 0.725. The molecule has 0 aliphatic heterocycles. The fourth-order valence-corrected chi connectivity index (χ4v) is 1.50. The summed E-state index contributed by atoms with van der Waals surface area (Å²) < 4.78 is 4.91. The third kappa shape index (κ3) is 5.34. The molecule has 0 heterocycles. The van der Waals surface area contributed by atoms with Crippen molar-refractivity contribution < 1.29 is 9.53 Å². The molecule has 1 unspecified atom stereocenters. The van der Waals surface area contributed by atoms with Crippen molar-refractivity contribution in [3.63, 3.8) is 0 Å². The van der Waals surface area contributed by atoms with Gasteiger partial charge in [0.1, 0.15) is 0 Å². The van der Waals surface area contributed by atoms with Gasteiger partial charge in [0.2, 0.25) is 0 Å². The zero-order valence-electron chi connectivity index (χ0n) is 10.8. The molecule has 0 aliphatic carbocycles. The van der Waals surface area contributed by atoms with E-state index in [0.717, 1.165) is 5.56 Å². The topological polar surface area (TPSA) is 26.3 Å². The summed E-state index contributed by atoms with van der Waals surface area (Å²) in [7, 11) is 0. The lowest BCUT2D eigenvalue weighted by Crippen LogP contribution is -2.07. The minimum atomic E-state index is -0.131. The number of carbonyl (C=O) groups is 1. The Labute approximate surface area is 103 Å². The first-order chi connectivity index (χ1) is 8.11. The second-order valence-electron chi connectivity index (χ2n) is 4.26. The fourth-order valence-electron chi connectivity index (χ4n) is 1.50. The van der Waals surface area contributed by atoms with Crippen molar-refractivity contribution in [2.75, 3.05) is 6.61 Å². The van der Waals surface area contributed by atoms with Gasteiger partial charge >= 0.3 is 5.97 Å². The molecular weight excluding hydrogens is 212 g/mol. The number of ether oxygens (including phenoxy) is 1. The van der Waals surface area contributed by atoms with Crippen molar-refractivity contribution in [3.05, 3.63) is 41.5 Å². The van der Waals surface area contributed by atoms with E-state index in [9.17, 15) is 4.79 Å². The van der Waals surface area contributed by atoms with E-state index in [1.165, 1.54) is 5.56 Å². The van der Waals surface area contributed by atoms with Gasteiger partial charge in [-0.05, 0) is 25.3 Å². The largest absolute Gasteiger partial charge is 0.466 e. The third-order valence-electron chi connectivity index (χ3n) is 2.49. The number of hydrogen-bond acceptors (Lipinski definition) is 2. The van der Waals surface area contributed by atoms with Crippen molar-refractivity contribution in [1.29, 1.82) is 0 Å². The number of hydrogen-bond donors (Lipinski definition) is 0. The Balaban J connectivity index is 2.47. The second kappa shape index (κ2) is 6.89. The summed E-state index contributed by atoms with van der Waals surface area (Å²) in [5.74, 6) is 0.0731. The van der Waals surface area contributed by atoms with Crippen LogP contribution in [0, 0.1) is 12.8 Å². The summed E-state index contributed by atoms with van der Waals surface area (Å²) in [6.45, 7) is 6.36. The van der Waals surface area contributed by atoms with Gasteiger partial charge in [0.05, 0.1) is 13.0 Å². The average Bonchev–Trinajstić information content (AvgIpc) is 2.28. The summed E-state index contributed by atoms with van der Waals surface area (Å²) in [5, 5.41) is 0. The summed E-state index contributed by atoms with van der Waals surface area (Å²) in [4.78, 5) is 11.3. The van der Waals surface area contributed by atoms with E-state index in [0.29, 0.717) is 13.0 Å². The van der Waals surface area contributed by atoms with E-state index >= 15 is 0 Å². The molecular formula is C15H20O2. The molecule has 0 aromatic heterocycles. The van der Waals surface area contributed by atoms with Crippen LogP contribution in [0.4, 0.5) is 0 Å². The monoisotopic (exact) mass is 232 g/mol. The van der Waals surface area contributed by atoms with E-state index in [2.05, 4.69) is 31.2 Å². The number of aryl methyl sites for hydroxylation is 1. The van der Waals surface area contributed by atoms with Crippen LogP contribution in [0.25, 0.3) is 6.08 Å². The van der Waals surface area contributed by atoms with Gasteiger partial charge in [-0.25, -0.2) is 0 Å². The van der Waals surface area contributed by atoms with Crippen molar-refractivity contribution in [2.24, 2.45) is 5.92 Å². The van der Waals surface area contributed by atoms with Gasteiger partial charge < -0.3 is 4.74 Å². The first-order valence-electron chi connectivity index (χ1n) is 6.02. The predicted octanol–water partition coefficient (Wildman–Crippen LogP) is 3.60. The molecule has 1 atom stereocenters. The maximum atomic E-state index is 11.3. The second-order valence-corrected chi connectivity index (χ2v) is 4.26. The number of benzene rings is 1. The normalized spacial score (nSPS) is 12.6. The van der Waals surface area contributed by atoms with Gasteiger partial charge in [-0.15, -0.1) is 0 Å². The standard InChI is InChI=1S/C15H20O2/c1-4-17-15(16)11-13(3)7-10-14-8-5-12(2)6-9-14/h5-10,13H,4,11H2,1-3H3/b10-7+. The molecule has 0 saturated carbocycles. The van der Waals surface area contributed by atoms with Crippen LogP contribution in [0.5, 0.6) is 0 Å². The molecule has 0 radical (unpaired) electrons. The lowest BCUT2D eigenvalue weighted by Gasteiger charge is -2.05. The van der Waals surface area contributed by atoms with Crippen LogP contribution in [0.3, 0.4) is 0 Å². The third-order valence-corrected chi connectivity index (χ3v) is 2.49. The zero-order chi connectivity index (χ0) is 12.7. The minimum Gasteiger partial charge on any atom is -0.466 e. The molecule has 0 bridgehead atoms. The highest BCUT2D eigenvalue weighted by Gasteiger charge is 2.06. The van der Waals surface area contributed by atoms with E-state index in [1.807, 2.05) is 26.0 Å². The molecule has 0 N–H and O–H groups in total. The Morgan fingerprint density at radius 3 is 2.59 bits per heavy atom. The molecule has 92 valence electrons. The van der Waals surface area contributed by atoms with Crippen molar-refractivity contribution in [3.8, 4) is 0 Å². The van der Waals surface area contributed by atoms with E-state index < -0.39 is 0 Å². The first-order valence-corrected chi connectivity index (χ1v) is 6.02. The molecule has 17 heavy (non-hydrogen) atoms. The fraction of sp³-hybridized carbons (Fsp3) is 0.400. The van der Waals surface area contributed by atoms with Crippen LogP contribution in [0.1, 0.15) is 31.4 Å². The summed E-state index contributed by atoms with van der Waals surface area (Å²) in [5.41, 5.74) is 2.41. The molecule has 0 fully saturated rings. The van der Waals surface area contributed by atoms with Crippen LogP contribution in [0.15, 0.2) is 30.3 Å². The van der Waals surface area contributed by atoms with Gasteiger partial charge in [0, 0.05) is 0 Å². The molecule has 0 saturated heterocycles. The molecule has 0 amide bonds. The Kier molecular flexibility index (Phi) is 5.47. The highest BCUT2D eigenvalue weighted by atomic mass is 16.5. The lowest BCUT2D eigenvalue weighted by molar-refractivity contribution is -0.143. The molecule has 2 heteroatoms. The minimum absolute atomic E-state index is 0.131. The van der Waals surface area contributed by atoms with E-state index in [4.69, 9.17) is 4.74 Å². The Morgan fingerprint density at radius 2 is 2.00 bits per heavy atom. The molecule has 1 rings (SSSR count). The van der Waals surface area contributed by atoms with Crippen LogP contribution in [-0.2, 0) is 9.53 Å². The number of carbonyl (C=O) groups excluding carboxylic acids is 1. The average molecular weight is 232 g/mol. The Bertz CT molecular complexity index is 376. The SMILES string of the molecule is CCOC(=O)CC(C)/C=C/c1ccc(C)cc1. The number of allylic oxidation sites excluding steroid dienone is 1. The predicted molar refractivity (Wildman–Crippen MR) is 70.6 cm³/mol. The van der Waals surface area contributed by atoms with Crippen molar-refractivity contribution in [1.82, 2.24) is 0 Å². The maximum absolute atomic E-state index is 11.3. The van der Waals surface area contributed by atoms with Crippen LogP contribution in [-0.4, -0.2) is 12.6 Å². The van der Waals surface area contributed by atoms with Gasteiger partial charge in [-0.2, -0.15) is 0 Å². The molecule has 0 spiro atoms. The summed E-state index contributed by atoms with van der Waals surface area (Å²) in [6, 6.07) is 8.30. The lowest BCUT2D eigenvalue weighted by atomic mass is 10.1. The summed E-state index contributed by atoms with van der Waals surface area (Å²) in [6.07, 6.45) is 4.53. The number of rotatable bonds is 5. The Morgan fingerprint density at radius 1 is 1.35 bits per heavy atom. The first kappa shape index (κ1) is 13.5. The van der Waals surface area contributed by atoms with Crippen molar-refractivity contribution in [2.45, 2.75) is 27.2 Å². The Hall–Kier alpha value is -1.57. The molecule has 0 aliphatic rings. The zero-order valence-corrected chi connectivity index (χ0v) is 10.8. The highest BCUT2D eigenvalue weighted by Crippen LogP contribution is 2.10. The highest BCUT2D eigenvalue weighted by molar-refractivity contribution is 5.70. The van der Waals surface area contributed by atoms with E-state index in [1.54, 1.807) is 0 Å². The van der Waals surface area contributed by atoms with Crippen LogP contribution >= 0.6 is 0 Å². The smallest absolute Gasteiger partial charge is 0.306 e. The molecule has 1 aromatic carbocycles. The van der Waals surface area contributed by atoms with Crippen molar-refractivity contribution >= 4 is 12.0 Å². The van der Waals surface area contributed by atoms with E-state index in [-0.39, 0.29) is 11.9 Å². The van der Waals surface area contributed by atoms with Gasteiger partial charge in [-0.1, -0.05) is 48.9 Å². The van der Waals surface area contributed by atoms with Gasteiger partial charge in [0.25, 0.3) is 0 Å². The molecule has 2 nitrogen and oxygen atoms in total. The maximum Gasteiger partial charge on any atom is 0.306 e. The van der Waals surface area contributed by atoms with Gasteiger partial charge in [0.15, 0.2) is 0 Å². The molecule has 1 aromatic rings. The summed E-state index contributed by atoms with van der Waals surface area (Å²) >= 11 is 0. The van der Waals surface area contributed by atoms with Crippen LogP contribution < -0.4 is 0 Å².